The topological polar surface area (TPSA) is 48.5 Å². The van der Waals surface area contributed by atoms with Gasteiger partial charge in [-0.2, -0.15) is 0 Å². The van der Waals surface area contributed by atoms with Gasteiger partial charge in [-0.1, -0.05) is 6.92 Å². The zero-order chi connectivity index (χ0) is 14.4. The van der Waals surface area contributed by atoms with E-state index in [1.807, 2.05) is 43.4 Å². The number of amides is 1. The summed E-state index contributed by atoms with van der Waals surface area (Å²) in [7, 11) is 1.89. The van der Waals surface area contributed by atoms with Gasteiger partial charge in [0.25, 0.3) is 0 Å². The van der Waals surface area contributed by atoms with Crippen LogP contribution in [-0.2, 0) is 11.3 Å². The van der Waals surface area contributed by atoms with Gasteiger partial charge in [-0.25, -0.2) is 0 Å². The summed E-state index contributed by atoms with van der Waals surface area (Å²) in [6.07, 6.45) is 3.66. The largest absolute Gasteiger partial charge is 0.340 e. The number of carbonyl (C=O) groups is 1. The van der Waals surface area contributed by atoms with Crippen LogP contribution in [0.25, 0.3) is 0 Å². The highest BCUT2D eigenvalue weighted by Crippen LogP contribution is 2.10. The van der Waals surface area contributed by atoms with E-state index in [2.05, 4.69) is 15.2 Å². The molecule has 0 aromatic carbocycles. The Kier molecular flexibility index (Phi) is 7.64. The second-order valence-electron chi connectivity index (χ2n) is 5.42. The number of hydrogen-bond acceptors (Lipinski definition) is 4. The first-order valence-electron chi connectivity index (χ1n) is 7.25. The summed E-state index contributed by atoms with van der Waals surface area (Å²) in [5.74, 6) is 0.328. The van der Waals surface area contributed by atoms with Crippen molar-refractivity contribution in [3.63, 3.8) is 0 Å². The molecule has 0 aliphatic carbocycles. The van der Waals surface area contributed by atoms with E-state index < -0.39 is 0 Å². The maximum Gasteiger partial charge on any atom is 0.226 e. The lowest BCUT2D eigenvalue weighted by molar-refractivity contribution is -0.136. The third-order valence-electron chi connectivity index (χ3n) is 3.77. The SMILES string of the molecule is CNCC(C)C(=O)N1CCN(Cc2ccncc2)CC1.Cl. The smallest absolute Gasteiger partial charge is 0.226 e. The number of halogens is 1. The molecule has 6 heteroatoms. The summed E-state index contributed by atoms with van der Waals surface area (Å²) in [6.45, 7) is 7.23. The lowest BCUT2D eigenvalue weighted by atomic mass is 10.1. The van der Waals surface area contributed by atoms with Crippen LogP contribution in [-0.4, -0.2) is 60.5 Å². The van der Waals surface area contributed by atoms with Crippen molar-refractivity contribution in [2.45, 2.75) is 13.5 Å². The van der Waals surface area contributed by atoms with Crippen molar-refractivity contribution < 1.29 is 4.79 Å². The lowest BCUT2D eigenvalue weighted by Gasteiger charge is -2.36. The molecule has 5 nitrogen and oxygen atoms in total. The van der Waals surface area contributed by atoms with Crippen LogP contribution in [0, 0.1) is 5.92 Å². The zero-order valence-corrected chi connectivity index (χ0v) is 13.6. The van der Waals surface area contributed by atoms with Crippen LogP contribution in [0.1, 0.15) is 12.5 Å². The highest BCUT2D eigenvalue weighted by atomic mass is 35.5. The van der Waals surface area contributed by atoms with Crippen LogP contribution in [0.5, 0.6) is 0 Å². The summed E-state index contributed by atoms with van der Waals surface area (Å²) >= 11 is 0. The molecule has 1 unspecified atom stereocenters. The molecule has 0 spiro atoms. The Bertz CT molecular complexity index is 421. The number of nitrogens with one attached hydrogen (secondary N) is 1. The summed E-state index contributed by atoms with van der Waals surface area (Å²) < 4.78 is 0. The van der Waals surface area contributed by atoms with Crippen molar-refractivity contribution >= 4 is 18.3 Å². The molecule has 21 heavy (non-hydrogen) atoms. The Labute approximate surface area is 133 Å². The second-order valence-corrected chi connectivity index (χ2v) is 5.42. The number of rotatable bonds is 5. The van der Waals surface area contributed by atoms with Crippen LogP contribution in [0.3, 0.4) is 0 Å². The average Bonchev–Trinajstić information content (AvgIpc) is 2.48. The van der Waals surface area contributed by atoms with E-state index in [0.29, 0.717) is 0 Å². The summed E-state index contributed by atoms with van der Waals surface area (Å²) in [6, 6.07) is 4.10. The third kappa shape index (κ3) is 5.26. The second kappa shape index (κ2) is 8.97. The molecule has 1 saturated heterocycles. The predicted octanol–water partition coefficient (Wildman–Crippen LogP) is 1.00. The molecule has 0 radical (unpaired) electrons. The minimum absolute atomic E-state index is 0. The van der Waals surface area contributed by atoms with E-state index in [1.54, 1.807) is 0 Å². The molecule has 2 rings (SSSR count). The van der Waals surface area contributed by atoms with Gasteiger partial charge >= 0.3 is 0 Å². The van der Waals surface area contributed by atoms with Crippen molar-refractivity contribution in [3.05, 3.63) is 30.1 Å². The van der Waals surface area contributed by atoms with Crippen molar-refractivity contribution in [2.24, 2.45) is 5.92 Å². The van der Waals surface area contributed by atoms with Crippen molar-refractivity contribution in [2.75, 3.05) is 39.8 Å². The van der Waals surface area contributed by atoms with E-state index in [9.17, 15) is 4.79 Å². The third-order valence-corrected chi connectivity index (χ3v) is 3.77. The Morgan fingerprint density at radius 2 is 1.90 bits per heavy atom. The van der Waals surface area contributed by atoms with Crippen molar-refractivity contribution in [1.29, 1.82) is 0 Å². The quantitative estimate of drug-likeness (QED) is 0.881. The Morgan fingerprint density at radius 1 is 1.29 bits per heavy atom. The summed E-state index contributed by atoms with van der Waals surface area (Å²) in [4.78, 5) is 20.6. The fourth-order valence-corrected chi connectivity index (χ4v) is 2.58. The number of piperazine rings is 1. The Hall–Kier alpha value is -1.17. The monoisotopic (exact) mass is 312 g/mol. The highest BCUT2D eigenvalue weighted by molar-refractivity contribution is 5.85. The van der Waals surface area contributed by atoms with Crippen LogP contribution in [0.2, 0.25) is 0 Å². The number of aromatic nitrogens is 1. The number of pyridine rings is 1. The molecule has 1 aromatic heterocycles. The Morgan fingerprint density at radius 3 is 2.48 bits per heavy atom. The van der Waals surface area contributed by atoms with Crippen LogP contribution in [0.15, 0.2) is 24.5 Å². The molecule has 0 saturated carbocycles. The minimum atomic E-state index is 0. The van der Waals surface area contributed by atoms with E-state index in [0.717, 1.165) is 39.3 Å². The van der Waals surface area contributed by atoms with Crippen LogP contribution in [0.4, 0.5) is 0 Å². The molecule has 1 aliphatic heterocycles. The van der Waals surface area contributed by atoms with Crippen molar-refractivity contribution in [1.82, 2.24) is 20.1 Å². The molecule has 118 valence electrons. The van der Waals surface area contributed by atoms with Crippen LogP contribution < -0.4 is 5.32 Å². The molecule has 2 heterocycles. The first kappa shape index (κ1) is 17.9. The predicted molar refractivity (Wildman–Crippen MR) is 86.4 cm³/mol. The first-order valence-corrected chi connectivity index (χ1v) is 7.25. The highest BCUT2D eigenvalue weighted by Gasteiger charge is 2.24. The number of hydrogen-bond donors (Lipinski definition) is 1. The van der Waals surface area contributed by atoms with Crippen molar-refractivity contribution in [3.8, 4) is 0 Å². The molecule has 0 bridgehead atoms. The summed E-state index contributed by atoms with van der Waals surface area (Å²) in [5.41, 5.74) is 1.28. The van der Waals surface area contributed by atoms with E-state index >= 15 is 0 Å². The van der Waals surface area contributed by atoms with Gasteiger partial charge in [0.05, 0.1) is 0 Å². The van der Waals surface area contributed by atoms with Gasteiger partial charge in [0.1, 0.15) is 0 Å². The molecule has 1 aliphatic rings. The molecule has 1 atom stereocenters. The molecule has 1 amide bonds. The fraction of sp³-hybridized carbons (Fsp3) is 0.600. The standard InChI is InChI=1S/C15H24N4O.ClH/c1-13(11-16-2)15(20)19-9-7-18(8-10-19)12-14-3-5-17-6-4-14;/h3-6,13,16H,7-12H2,1-2H3;1H. The van der Waals surface area contributed by atoms with Gasteiger partial charge < -0.3 is 10.2 Å². The normalized spacial score (nSPS) is 17.1. The molecule has 1 fully saturated rings. The molecule has 1 aromatic rings. The van der Waals surface area contributed by atoms with Gasteiger partial charge in [-0.3, -0.25) is 14.7 Å². The lowest BCUT2D eigenvalue weighted by Crippen LogP contribution is -2.50. The zero-order valence-electron chi connectivity index (χ0n) is 12.8. The van der Waals surface area contributed by atoms with E-state index in [1.165, 1.54) is 5.56 Å². The van der Waals surface area contributed by atoms with Crippen LogP contribution >= 0.6 is 12.4 Å². The maximum absolute atomic E-state index is 12.2. The number of carbonyl (C=O) groups excluding carboxylic acids is 1. The fourth-order valence-electron chi connectivity index (χ4n) is 2.58. The van der Waals surface area contributed by atoms with Gasteiger partial charge in [-0.15, -0.1) is 12.4 Å². The number of nitrogens with zero attached hydrogens (tertiary/aromatic N) is 3. The minimum Gasteiger partial charge on any atom is -0.340 e. The van der Waals surface area contributed by atoms with Gasteiger partial charge in [0.2, 0.25) is 5.91 Å². The van der Waals surface area contributed by atoms with E-state index in [4.69, 9.17) is 0 Å². The van der Waals surface area contributed by atoms with Gasteiger partial charge in [0.15, 0.2) is 0 Å². The average molecular weight is 313 g/mol. The molecular weight excluding hydrogens is 288 g/mol. The molecule has 1 N–H and O–H groups in total. The maximum atomic E-state index is 12.2. The van der Waals surface area contributed by atoms with E-state index in [-0.39, 0.29) is 24.2 Å². The first-order chi connectivity index (χ1) is 9.70. The Balaban J connectivity index is 0.00000220. The van der Waals surface area contributed by atoms with Gasteiger partial charge in [-0.05, 0) is 24.7 Å². The molecular formula is C15H25ClN4O. The van der Waals surface area contributed by atoms with Gasteiger partial charge in [0, 0.05) is 57.6 Å². The summed E-state index contributed by atoms with van der Waals surface area (Å²) in [5, 5.41) is 3.07.